The Hall–Kier alpha value is -2.71. The molecule has 1 aliphatic rings. The molecule has 8 N–H and O–H groups in total. The van der Waals surface area contributed by atoms with Gasteiger partial charge in [0.15, 0.2) is 5.75 Å². The molecule has 1 aromatic carbocycles. The molecule has 0 aliphatic carbocycles. The van der Waals surface area contributed by atoms with E-state index in [0.29, 0.717) is 22.8 Å². The Morgan fingerprint density at radius 1 is 1.06 bits per heavy atom. The van der Waals surface area contributed by atoms with Crippen LogP contribution in [0.4, 0.5) is 0 Å². The predicted octanol–water partition coefficient (Wildman–Crippen LogP) is 3.75. The van der Waals surface area contributed by atoms with Crippen LogP contribution in [-0.2, 0) is 4.79 Å². The zero-order valence-corrected chi connectivity index (χ0v) is 22.0. The van der Waals surface area contributed by atoms with Crippen molar-refractivity contribution >= 4 is 11.6 Å². The molecule has 0 bridgehead atoms. The summed E-state index contributed by atoms with van der Waals surface area (Å²) in [6.07, 6.45) is 4.99. The largest absolute Gasteiger partial charge is 0.411 e. The smallest absolute Gasteiger partial charge is 0.235 e. The monoisotopic (exact) mass is 462 g/mol. The van der Waals surface area contributed by atoms with Crippen molar-refractivity contribution in [3.8, 4) is 5.75 Å². The first-order valence-electron chi connectivity index (χ1n) is 11.7. The molecule has 2 rings (SSSR count). The molecule has 8 heteroatoms. The number of rotatable bonds is 6. The molecule has 1 fully saturated rings. The second kappa shape index (κ2) is 13.7. The number of carbonyl (C=O) groups excluding carboxylic acids is 1. The molecule has 8 nitrogen and oxygen atoms in total. The minimum atomic E-state index is -0.186. The number of nitrogens with two attached hydrogens (primary N) is 3. The van der Waals surface area contributed by atoms with Crippen molar-refractivity contribution in [2.24, 2.45) is 17.4 Å². The topological polar surface area (TPSA) is 132 Å². The van der Waals surface area contributed by atoms with Crippen LogP contribution in [0.2, 0.25) is 0 Å². The second-order valence-corrected chi connectivity index (χ2v) is 8.82. The summed E-state index contributed by atoms with van der Waals surface area (Å²) in [7, 11) is 0. The number of benzene rings is 1. The number of nitrogens with zero attached hydrogens (tertiary/aromatic N) is 1. The molecule has 0 unspecified atom stereocenters. The lowest BCUT2D eigenvalue weighted by molar-refractivity contribution is -0.124. The minimum Gasteiger partial charge on any atom is -0.411 e. The first kappa shape index (κ1) is 30.3. The van der Waals surface area contributed by atoms with Crippen molar-refractivity contribution < 1.29 is 9.63 Å². The normalized spacial score (nSPS) is 17.5. The lowest BCUT2D eigenvalue weighted by atomic mass is 9.79. The van der Waals surface area contributed by atoms with E-state index >= 15 is 0 Å². The number of allylic oxidation sites excluding steroid dienone is 2. The lowest BCUT2D eigenvalue weighted by Crippen LogP contribution is -2.64. The third-order valence-electron chi connectivity index (χ3n) is 4.85. The van der Waals surface area contributed by atoms with Crippen LogP contribution in [0.3, 0.4) is 0 Å². The number of para-hydroxylation sites is 1. The maximum atomic E-state index is 11.8. The van der Waals surface area contributed by atoms with Crippen LogP contribution in [-0.4, -0.2) is 28.0 Å². The molecule has 1 aromatic rings. The van der Waals surface area contributed by atoms with E-state index in [9.17, 15) is 4.79 Å². The molecular weight excluding hydrogens is 416 g/mol. The summed E-state index contributed by atoms with van der Waals surface area (Å²) in [5, 5.41) is 5.37. The Kier molecular flexibility index (Phi) is 12.6. The van der Waals surface area contributed by atoms with Gasteiger partial charge in [-0.3, -0.25) is 15.2 Å². The van der Waals surface area contributed by atoms with E-state index in [2.05, 4.69) is 38.4 Å². The maximum absolute atomic E-state index is 11.8. The van der Waals surface area contributed by atoms with E-state index in [1.807, 2.05) is 45.9 Å². The van der Waals surface area contributed by atoms with Crippen LogP contribution < -0.4 is 32.9 Å². The van der Waals surface area contributed by atoms with Gasteiger partial charge in [0.1, 0.15) is 5.82 Å². The van der Waals surface area contributed by atoms with Gasteiger partial charge in [-0.1, -0.05) is 39.8 Å². The number of hydrazine groups is 1. The first-order chi connectivity index (χ1) is 15.4. The van der Waals surface area contributed by atoms with Gasteiger partial charge in [0.25, 0.3) is 0 Å². The molecule has 0 aromatic heterocycles. The Morgan fingerprint density at radius 2 is 1.58 bits per heavy atom. The number of nitrogens with one attached hydrogen (secondary N) is 2. The second-order valence-electron chi connectivity index (χ2n) is 8.82. The molecule has 33 heavy (non-hydrogen) atoms. The number of hydrogen-bond donors (Lipinski definition) is 5. The van der Waals surface area contributed by atoms with E-state index < -0.39 is 0 Å². The maximum Gasteiger partial charge on any atom is 0.235 e. The van der Waals surface area contributed by atoms with Gasteiger partial charge in [-0.15, -0.1) is 0 Å². The molecule has 1 saturated heterocycles. The standard InChI is InChI=1S/C21H34N6O2.2C2H6/c1-14(28)25-27(15-12-20(2,3)26-21(4,5)13-15)19(23)11-10-17(22)16-8-6-7-9-18(16)29-24;2*1-2/h6-11,15,26H,12-13,22-24H2,1-5H3,(H,25,28);2*1-2H3/b17-10-,19-11+;;. The van der Waals surface area contributed by atoms with E-state index in [-0.39, 0.29) is 23.0 Å². The Balaban J connectivity index is 0.00000242. The molecule has 188 valence electrons. The highest BCUT2D eigenvalue weighted by Crippen LogP contribution is 2.32. The van der Waals surface area contributed by atoms with Crippen LogP contribution in [0.1, 0.15) is 80.7 Å². The fourth-order valence-corrected chi connectivity index (χ4v) is 4.14. The molecular formula is C25H46N6O2. The van der Waals surface area contributed by atoms with E-state index in [0.717, 1.165) is 12.8 Å². The third-order valence-corrected chi connectivity index (χ3v) is 4.85. The van der Waals surface area contributed by atoms with Gasteiger partial charge in [0.2, 0.25) is 5.91 Å². The average Bonchev–Trinajstić information content (AvgIpc) is 2.76. The molecule has 0 saturated carbocycles. The zero-order valence-electron chi connectivity index (χ0n) is 22.0. The summed E-state index contributed by atoms with van der Waals surface area (Å²) in [6.45, 7) is 18.1. The van der Waals surface area contributed by atoms with Gasteiger partial charge in [-0.25, -0.2) is 0 Å². The highest BCUT2D eigenvalue weighted by molar-refractivity contribution is 5.72. The van der Waals surface area contributed by atoms with Gasteiger partial charge in [-0.05, 0) is 64.8 Å². The van der Waals surface area contributed by atoms with Crippen LogP contribution in [0.15, 0.2) is 42.2 Å². The summed E-state index contributed by atoms with van der Waals surface area (Å²) in [5.41, 5.74) is 16.3. The highest BCUT2D eigenvalue weighted by atomic mass is 16.6. The molecule has 1 amide bonds. The molecule has 0 atom stereocenters. The zero-order chi connectivity index (χ0) is 25.8. The van der Waals surface area contributed by atoms with E-state index in [4.69, 9.17) is 22.2 Å². The van der Waals surface area contributed by atoms with Crippen molar-refractivity contribution in [2.45, 2.75) is 92.3 Å². The fraction of sp³-hybridized carbons (Fsp3) is 0.560. The molecule has 0 spiro atoms. The van der Waals surface area contributed by atoms with Gasteiger partial charge >= 0.3 is 0 Å². The van der Waals surface area contributed by atoms with Crippen molar-refractivity contribution in [2.75, 3.05) is 0 Å². The SMILES string of the molecule is CC.CC.CC(=O)NN(/C(N)=C/C=C(\N)c1ccccc1ON)C1CC(C)(C)NC(C)(C)C1. The van der Waals surface area contributed by atoms with Crippen molar-refractivity contribution in [1.82, 2.24) is 15.8 Å². The quantitative estimate of drug-likeness (QED) is 0.321. The lowest BCUT2D eigenvalue weighted by Gasteiger charge is -2.49. The Bertz CT molecular complexity index is 786. The fourth-order valence-electron chi connectivity index (χ4n) is 4.14. The first-order valence-corrected chi connectivity index (χ1v) is 11.7. The van der Waals surface area contributed by atoms with Crippen molar-refractivity contribution in [3.63, 3.8) is 0 Å². The third kappa shape index (κ3) is 9.75. The highest BCUT2D eigenvalue weighted by Gasteiger charge is 2.40. The summed E-state index contributed by atoms with van der Waals surface area (Å²) >= 11 is 0. The number of piperidine rings is 1. The molecule has 1 aliphatic heterocycles. The predicted molar refractivity (Wildman–Crippen MR) is 138 cm³/mol. The number of hydrogen-bond acceptors (Lipinski definition) is 7. The summed E-state index contributed by atoms with van der Waals surface area (Å²) in [5.74, 6) is 5.99. The summed E-state index contributed by atoms with van der Waals surface area (Å²) in [4.78, 5) is 16.7. The van der Waals surface area contributed by atoms with E-state index in [1.54, 1.807) is 23.2 Å². The molecule has 0 radical (unpaired) electrons. The Morgan fingerprint density at radius 3 is 2.06 bits per heavy atom. The number of amides is 1. The summed E-state index contributed by atoms with van der Waals surface area (Å²) in [6, 6.07) is 7.21. The van der Waals surface area contributed by atoms with Crippen LogP contribution in [0.5, 0.6) is 5.75 Å². The van der Waals surface area contributed by atoms with Crippen LogP contribution in [0, 0.1) is 0 Å². The molecule has 1 heterocycles. The summed E-state index contributed by atoms with van der Waals surface area (Å²) < 4.78 is 0. The van der Waals surface area contributed by atoms with Crippen molar-refractivity contribution in [1.29, 1.82) is 0 Å². The van der Waals surface area contributed by atoms with Crippen LogP contribution >= 0.6 is 0 Å². The van der Waals surface area contributed by atoms with Crippen molar-refractivity contribution in [3.05, 3.63) is 47.8 Å². The van der Waals surface area contributed by atoms with Crippen LogP contribution in [0.25, 0.3) is 5.70 Å². The average molecular weight is 463 g/mol. The number of carbonyl (C=O) groups is 1. The minimum absolute atomic E-state index is 0.0238. The van der Waals surface area contributed by atoms with Gasteiger partial charge in [-0.2, -0.15) is 5.90 Å². The van der Waals surface area contributed by atoms with Gasteiger partial charge in [0.05, 0.1) is 6.04 Å². The Labute approximate surface area is 200 Å². The van der Waals surface area contributed by atoms with Gasteiger partial charge < -0.3 is 21.6 Å². The van der Waals surface area contributed by atoms with Gasteiger partial charge in [0, 0.05) is 29.3 Å². The van der Waals surface area contributed by atoms with E-state index in [1.165, 1.54) is 6.92 Å².